The molecule has 1 aromatic heterocycles. The monoisotopic (exact) mass is 255 g/mol. The van der Waals surface area contributed by atoms with Gasteiger partial charge in [-0.3, -0.25) is 4.90 Å². The molecule has 19 heavy (non-hydrogen) atoms. The van der Waals surface area contributed by atoms with Gasteiger partial charge in [0.2, 0.25) is 5.88 Å². The zero-order valence-corrected chi connectivity index (χ0v) is 10.7. The van der Waals surface area contributed by atoms with Gasteiger partial charge in [-0.25, -0.2) is 0 Å². The summed E-state index contributed by atoms with van der Waals surface area (Å²) in [6.07, 6.45) is 0. The largest absolute Gasteiger partial charge is 0.476 e. The van der Waals surface area contributed by atoms with Crippen molar-refractivity contribution >= 4 is 5.82 Å². The lowest BCUT2D eigenvalue weighted by Gasteiger charge is -2.19. The molecule has 2 aromatic rings. The molecule has 4 nitrogen and oxygen atoms in total. The van der Waals surface area contributed by atoms with E-state index in [1.54, 1.807) is 0 Å². The minimum absolute atomic E-state index is 0.509. The van der Waals surface area contributed by atoms with Crippen LogP contribution in [0, 0.1) is 0 Å². The Morgan fingerprint density at radius 3 is 2.84 bits per heavy atom. The number of aromatic nitrogens is 1. The number of hydrogen-bond donors (Lipinski definition) is 1. The predicted octanol–water partition coefficient (Wildman–Crippen LogP) is 2.06. The van der Waals surface area contributed by atoms with Crippen LogP contribution in [0.15, 0.2) is 42.5 Å². The number of nitrogens with two attached hydrogens (primary N) is 1. The highest BCUT2D eigenvalue weighted by Crippen LogP contribution is 2.22. The van der Waals surface area contributed by atoms with Crippen molar-refractivity contribution in [2.75, 3.05) is 18.9 Å². The summed E-state index contributed by atoms with van der Waals surface area (Å²) in [7, 11) is 0. The maximum absolute atomic E-state index is 5.69. The number of anilines is 1. The molecule has 0 radical (unpaired) electrons. The maximum Gasteiger partial charge on any atom is 0.219 e. The van der Waals surface area contributed by atoms with Crippen molar-refractivity contribution in [3.63, 3.8) is 0 Å². The topological polar surface area (TPSA) is 51.4 Å². The first-order valence-electron chi connectivity index (χ1n) is 6.46. The molecule has 0 fully saturated rings. The van der Waals surface area contributed by atoms with E-state index >= 15 is 0 Å². The average molecular weight is 255 g/mol. The van der Waals surface area contributed by atoms with Crippen molar-refractivity contribution in [2.24, 2.45) is 0 Å². The molecule has 1 aliphatic rings. The van der Waals surface area contributed by atoms with Crippen molar-refractivity contribution < 1.29 is 4.74 Å². The summed E-state index contributed by atoms with van der Waals surface area (Å²) in [6, 6.07) is 14.3. The van der Waals surface area contributed by atoms with E-state index in [-0.39, 0.29) is 0 Å². The Morgan fingerprint density at radius 2 is 2.00 bits per heavy atom. The summed E-state index contributed by atoms with van der Waals surface area (Å²) in [5, 5.41) is 0. The SMILES string of the molecule is Nc1ccc2c(n1)OCCN(Cc1ccccc1)C2. The van der Waals surface area contributed by atoms with E-state index in [9.17, 15) is 0 Å². The second-order valence-electron chi connectivity index (χ2n) is 4.75. The summed E-state index contributed by atoms with van der Waals surface area (Å²) in [5.74, 6) is 1.19. The van der Waals surface area contributed by atoms with Crippen LogP contribution in [0.25, 0.3) is 0 Å². The third-order valence-electron chi connectivity index (χ3n) is 3.25. The Labute approximate surface area is 112 Å². The summed E-state index contributed by atoms with van der Waals surface area (Å²) in [6.45, 7) is 3.31. The van der Waals surface area contributed by atoms with Gasteiger partial charge in [-0.05, 0) is 17.7 Å². The van der Waals surface area contributed by atoms with Crippen LogP contribution in [0.4, 0.5) is 5.82 Å². The Kier molecular flexibility index (Phi) is 3.33. The summed E-state index contributed by atoms with van der Waals surface area (Å²) in [5.41, 5.74) is 8.10. The van der Waals surface area contributed by atoms with E-state index in [0.717, 1.165) is 25.2 Å². The molecule has 0 amide bonds. The van der Waals surface area contributed by atoms with Gasteiger partial charge < -0.3 is 10.5 Å². The van der Waals surface area contributed by atoms with Crippen molar-refractivity contribution in [3.05, 3.63) is 53.6 Å². The number of nitrogen functional groups attached to an aromatic ring is 1. The van der Waals surface area contributed by atoms with Crippen LogP contribution in [0.1, 0.15) is 11.1 Å². The molecule has 2 N–H and O–H groups in total. The fraction of sp³-hybridized carbons (Fsp3) is 0.267. The van der Waals surface area contributed by atoms with E-state index in [1.165, 1.54) is 5.56 Å². The smallest absolute Gasteiger partial charge is 0.219 e. The van der Waals surface area contributed by atoms with Gasteiger partial charge in [-0.2, -0.15) is 4.98 Å². The molecule has 0 spiro atoms. The standard InChI is InChI=1S/C15H17N3O/c16-14-7-6-13-11-18(8-9-19-15(13)17-14)10-12-4-2-1-3-5-12/h1-7H,8-11H2,(H2,16,17). The normalized spacial score (nSPS) is 15.4. The lowest BCUT2D eigenvalue weighted by atomic mass is 10.2. The van der Waals surface area contributed by atoms with Crippen LogP contribution < -0.4 is 10.5 Å². The Balaban J connectivity index is 1.77. The number of pyridine rings is 1. The maximum atomic E-state index is 5.69. The zero-order valence-electron chi connectivity index (χ0n) is 10.7. The van der Waals surface area contributed by atoms with Gasteiger partial charge in [0.25, 0.3) is 0 Å². The van der Waals surface area contributed by atoms with Gasteiger partial charge in [0.15, 0.2) is 0 Å². The van der Waals surface area contributed by atoms with Gasteiger partial charge in [0.1, 0.15) is 12.4 Å². The minimum atomic E-state index is 0.509. The van der Waals surface area contributed by atoms with Crippen molar-refractivity contribution in [2.45, 2.75) is 13.1 Å². The third kappa shape index (κ3) is 2.85. The molecule has 98 valence electrons. The second kappa shape index (κ2) is 5.28. The molecule has 0 saturated carbocycles. The van der Waals surface area contributed by atoms with Crippen LogP contribution in [0.2, 0.25) is 0 Å². The van der Waals surface area contributed by atoms with Crippen molar-refractivity contribution in [1.29, 1.82) is 0 Å². The fourth-order valence-electron chi connectivity index (χ4n) is 2.30. The Bertz CT molecular complexity index is 557. The summed E-state index contributed by atoms with van der Waals surface area (Å²) < 4.78 is 5.66. The molecule has 0 aliphatic carbocycles. The highest BCUT2D eigenvalue weighted by atomic mass is 16.5. The first kappa shape index (κ1) is 12.0. The predicted molar refractivity (Wildman–Crippen MR) is 74.7 cm³/mol. The van der Waals surface area contributed by atoms with Crippen LogP contribution >= 0.6 is 0 Å². The number of rotatable bonds is 2. The molecular formula is C15H17N3O. The third-order valence-corrected chi connectivity index (χ3v) is 3.25. The van der Waals surface area contributed by atoms with E-state index < -0.39 is 0 Å². The number of hydrogen-bond acceptors (Lipinski definition) is 4. The molecule has 0 unspecified atom stereocenters. The van der Waals surface area contributed by atoms with Gasteiger partial charge in [0, 0.05) is 25.2 Å². The van der Waals surface area contributed by atoms with E-state index in [0.29, 0.717) is 18.3 Å². The van der Waals surface area contributed by atoms with Gasteiger partial charge >= 0.3 is 0 Å². The first-order chi connectivity index (χ1) is 9.31. The molecule has 0 saturated heterocycles. The lowest BCUT2D eigenvalue weighted by Crippen LogP contribution is -2.25. The minimum Gasteiger partial charge on any atom is -0.476 e. The Morgan fingerprint density at radius 1 is 1.16 bits per heavy atom. The van der Waals surface area contributed by atoms with Crippen LogP contribution in [0.5, 0.6) is 5.88 Å². The molecular weight excluding hydrogens is 238 g/mol. The van der Waals surface area contributed by atoms with Gasteiger partial charge in [-0.1, -0.05) is 30.3 Å². The molecule has 2 heterocycles. The second-order valence-corrected chi connectivity index (χ2v) is 4.75. The molecule has 0 bridgehead atoms. The van der Waals surface area contributed by atoms with E-state index in [1.807, 2.05) is 18.2 Å². The molecule has 1 aromatic carbocycles. The zero-order chi connectivity index (χ0) is 13.1. The van der Waals surface area contributed by atoms with Crippen molar-refractivity contribution in [3.8, 4) is 5.88 Å². The van der Waals surface area contributed by atoms with Crippen LogP contribution in [-0.4, -0.2) is 23.0 Å². The number of nitrogens with zero attached hydrogens (tertiary/aromatic N) is 2. The molecule has 3 rings (SSSR count). The summed E-state index contributed by atoms with van der Waals surface area (Å²) in [4.78, 5) is 6.60. The lowest BCUT2D eigenvalue weighted by molar-refractivity contribution is 0.217. The quantitative estimate of drug-likeness (QED) is 0.892. The highest BCUT2D eigenvalue weighted by molar-refractivity contribution is 5.38. The first-order valence-corrected chi connectivity index (χ1v) is 6.46. The van der Waals surface area contributed by atoms with Gasteiger partial charge in [0.05, 0.1) is 0 Å². The van der Waals surface area contributed by atoms with Crippen LogP contribution in [0.3, 0.4) is 0 Å². The molecule has 0 atom stereocenters. The molecule has 4 heteroatoms. The van der Waals surface area contributed by atoms with Crippen LogP contribution in [-0.2, 0) is 13.1 Å². The highest BCUT2D eigenvalue weighted by Gasteiger charge is 2.16. The van der Waals surface area contributed by atoms with Crippen molar-refractivity contribution in [1.82, 2.24) is 9.88 Å². The number of fused-ring (bicyclic) bond motifs is 1. The molecule has 1 aliphatic heterocycles. The average Bonchev–Trinajstić information content (AvgIpc) is 2.61. The summed E-state index contributed by atoms with van der Waals surface area (Å²) >= 11 is 0. The van der Waals surface area contributed by atoms with Gasteiger partial charge in [-0.15, -0.1) is 0 Å². The Hall–Kier alpha value is -2.07. The number of benzene rings is 1. The van der Waals surface area contributed by atoms with E-state index in [2.05, 4.69) is 34.1 Å². The fourth-order valence-corrected chi connectivity index (χ4v) is 2.30. The van der Waals surface area contributed by atoms with E-state index in [4.69, 9.17) is 10.5 Å². The number of ether oxygens (including phenoxy) is 1.